The van der Waals surface area contributed by atoms with Gasteiger partial charge in [-0.3, -0.25) is 14.4 Å². The van der Waals surface area contributed by atoms with E-state index in [0.29, 0.717) is 23.3 Å². The summed E-state index contributed by atoms with van der Waals surface area (Å²) < 4.78 is 22.8. The van der Waals surface area contributed by atoms with Crippen molar-refractivity contribution in [3.05, 3.63) is 76.0 Å². The summed E-state index contributed by atoms with van der Waals surface area (Å²) >= 11 is 0.723. The monoisotopic (exact) mass is 527 g/mol. The van der Waals surface area contributed by atoms with Crippen molar-refractivity contribution >= 4 is 34.9 Å². The number of nitrogens with one attached hydrogen (secondary N) is 1. The lowest BCUT2D eigenvalue weighted by Gasteiger charge is -2.34. The predicted molar refractivity (Wildman–Crippen MR) is 140 cm³/mol. The summed E-state index contributed by atoms with van der Waals surface area (Å²) in [5.74, 6) is -1.78. The second kappa shape index (κ2) is 11.4. The topological polar surface area (TPSA) is 141 Å². The van der Waals surface area contributed by atoms with E-state index in [1.54, 1.807) is 24.3 Å². The lowest BCUT2D eigenvalue weighted by molar-refractivity contribution is -0.127. The number of halogens is 1. The molecule has 0 saturated carbocycles. The van der Waals surface area contributed by atoms with Crippen molar-refractivity contribution in [1.82, 2.24) is 14.6 Å². The van der Waals surface area contributed by atoms with Crippen molar-refractivity contribution in [3.63, 3.8) is 0 Å². The van der Waals surface area contributed by atoms with E-state index in [9.17, 15) is 18.8 Å². The van der Waals surface area contributed by atoms with Gasteiger partial charge in [0, 0.05) is 12.1 Å². The van der Waals surface area contributed by atoms with Crippen molar-refractivity contribution in [2.75, 3.05) is 12.8 Å². The average Bonchev–Trinajstić information content (AvgIpc) is 3.26. The Kier molecular flexibility index (Phi) is 8.49. The van der Waals surface area contributed by atoms with E-state index in [4.69, 9.17) is 16.2 Å². The molecule has 1 heterocycles. The molecule has 0 fully saturated rings. The first-order chi connectivity index (χ1) is 17.5. The molecule has 196 valence electrons. The summed E-state index contributed by atoms with van der Waals surface area (Å²) in [6.07, 6.45) is 0.643. The van der Waals surface area contributed by atoms with Crippen LogP contribution in [0.15, 0.2) is 48.5 Å². The third-order valence-electron chi connectivity index (χ3n) is 6.02. The fraction of sp³-hybridized carbons (Fsp3) is 0.308. The van der Waals surface area contributed by atoms with Gasteiger partial charge in [-0.2, -0.15) is 4.37 Å². The van der Waals surface area contributed by atoms with Crippen molar-refractivity contribution < 1.29 is 23.5 Å². The summed E-state index contributed by atoms with van der Waals surface area (Å²) in [5, 5.41) is 3.01. The van der Waals surface area contributed by atoms with E-state index in [-0.39, 0.29) is 22.8 Å². The minimum atomic E-state index is -1.10. The number of carbonyl (C=O) groups is 3. The van der Waals surface area contributed by atoms with Gasteiger partial charge in [0.15, 0.2) is 5.69 Å². The van der Waals surface area contributed by atoms with Crippen molar-refractivity contribution in [2.24, 2.45) is 5.73 Å². The van der Waals surface area contributed by atoms with E-state index in [1.807, 2.05) is 20.8 Å². The number of nitrogens with two attached hydrogens (primary N) is 2. The molecule has 1 aromatic heterocycles. The molecule has 3 rings (SSSR count). The average molecular weight is 528 g/mol. The molecule has 1 atom stereocenters. The van der Waals surface area contributed by atoms with Gasteiger partial charge >= 0.3 is 0 Å². The Bertz CT molecular complexity index is 1280. The second-order valence-electron chi connectivity index (χ2n) is 9.10. The quantitative estimate of drug-likeness (QED) is 0.368. The highest BCUT2D eigenvalue weighted by Crippen LogP contribution is 2.31. The lowest BCUT2D eigenvalue weighted by atomic mass is 9.98. The Labute approximate surface area is 218 Å². The van der Waals surface area contributed by atoms with Crippen LogP contribution in [0, 0.1) is 5.82 Å². The van der Waals surface area contributed by atoms with Gasteiger partial charge in [-0.15, -0.1) is 0 Å². The number of hydrogen-bond acceptors (Lipinski definition) is 7. The number of primary amides is 1. The molecule has 0 aliphatic rings. The number of aromatic nitrogens is 1. The summed E-state index contributed by atoms with van der Waals surface area (Å²) in [7, 11) is 1.52. The lowest BCUT2D eigenvalue weighted by Crippen LogP contribution is -2.50. The van der Waals surface area contributed by atoms with Gasteiger partial charge < -0.3 is 26.4 Å². The van der Waals surface area contributed by atoms with Crippen LogP contribution in [0.4, 0.5) is 10.1 Å². The molecule has 9 nitrogen and oxygen atoms in total. The first-order valence-electron chi connectivity index (χ1n) is 11.5. The maximum Gasteiger partial charge on any atom is 0.270 e. The number of methoxy groups -OCH3 is 1. The highest BCUT2D eigenvalue weighted by molar-refractivity contribution is 7.09. The largest absolute Gasteiger partial charge is 0.497 e. The number of carbonyl (C=O) groups excluding carboxylic acids is 3. The van der Waals surface area contributed by atoms with Crippen molar-refractivity contribution in [1.29, 1.82) is 0 Å². The number of rotatable bonds is 10. The molecule has 0 bridgehead atoms. The van der Waals surface area contributed by atoms with Crippen LogP contribution < -0.4 is 21.5 Å². The number of anilines is 1. The molecule has 3 amide bonds. The Hall–Kier alpha value is -3.99. The first kappa shape index (κ1) is 27.6. The normalized spacial score (nSPS) is 12.0. The number of amides is 3. The summed E-state index contributed by atoms with van der Waals surface area (Å²) in [4.78, 5) is 40.7. The van der Waals surface area contributed by atoms with Crippen LogP contribution in [-0.4, -0.2) is 39.6 Å². The number of nitrogens with zero attached hydrogens (tertiary/aromatic N) is 2. The highest BCUT2D eigenvalue weighted by Gasteiger charge is 2.36. The molecule has 3 aromatic rings. The minimum Gasteiger partial charge on any atom is -0.497 e. The molecule has 0 aliphatic heterocycles. The third-order valence-corrected chi connectivity index (χ3v) is 6.87. The van der Waals surface area contributed by atoms with Crippen LogP contribution in [0.3, 0.4) is 0 Å². The van der Waals surface area contributed by atoms with Gasteiger partial charge in [0.2, 0.25) is 5.91 Å². The van der Waals surface area contributed by atoms with E-state index in [1.165, 1.54) is 36.3 Å². The molecule has 0 radical (unpaired) electrons. The fourth-order valence-corrected chi connectivity index (χ4v) is 4.34. The maximum atomic E-state index is 13.9. The van der Waals surface area contributed by atoms with Crippen molar-refractivity contribution in [2.45, 2.75) is 45.3 Å². The van der Waals surface area contributed by atoms with Gasteiger partial charge in [0.05, 0.1) is 12.8 Å². The van der Waals surface area contributed by atoms with E-state index in [0.717, 1.165) is 11.5 Å². The first-order valence-corrected chi connectivity index (χ1v) is 12.3. The van der Waals surface area contributed by atoms with Gasteiger partial charge in [-0.25, -0.2) is 4.39 Å². The molecule has 0 spiro atoms. The molecule has 2 aromatic carbocycles. The zero-order chi connectivity index (χ0) is 27.3. The number of nitrogen functional groups attached to an aromatic ring is 1. The smallest absolute Gasteiger partial charge is 0.270 e. The Balaban J connectivity index is 2.16. The second-order valence-corrected chi connectivity index (χ2v) is 9.87. The Morgan fingerprint density at radius 3 is 2.27 bits per heavy atom. The molecule has 11 heteroatoms. The van der Waals surface area contributed by atoms with E-state index in [2.05, 4.69) is 9.69 Å². The van der Waals surface area contributed by atoms with Crippen LogP contribution in [0.1, 0.15) is 64.5 Å². The zero-order valence-corrected chi connectivity index (χ0v) is 21.9. The number of ether oxygens (including phenoxy) is 1. The SMILES string of the molecule is CCC(C)(C)NC(=O)[C@H](c1ccc(OC)cc1)N(Cc1ccc(F)cc1)C(=O)c1snc(C(N)=O)c1N. The number of benzene rings is 2. The van der Waals surface area contributed by atoms with Crippen LogP contribution in [-0.2, 0) is 11.3 Å². The number of hydrogen-bond donors (Lipinski definition) is 3. The fourth-order valence-electron chi connectivity index (χ4n) is 3.58. The molecule has 5 N–H and O–H groups in total. The minimum absolute atomic E-state index is 0.0306. The standard InChI is InChI=1S/C26H30FN5O4S/c1-5-26(2,3)30-24(34)21(16-8-12-18(36-4)13-9-16)32(14-15-6-10-17(27)11-7-15)25(35)22-19(28)20(23(29)33)31-37-22/h6-13,21H,5,14,28H2,1-4H3,(H2,29,33)(H,30,34)/t21-/m0/s1. The molecular weight excluding hydrogens is 497 g/mol. The van der Waals surface area contributed by atoms with Gasteiger partial charge in [-0.1, -0.05) is 31.2 Å². The molecule has 0 saturated heterocycles. The molecule has 37 heavy (non-hydrogen) atoms. The van der Waals surface area contributed by atoms with Crippen LogP contribution in [0.5, 0.6) is 5.75 Å². The maximum absolute atomic E-state index is 13.9. The third kappa shape index (κ3) is 6.42. The van der Waals surface area contributed by atoms with Gasteiger partial charge in [0.1, 0.15) is 22.5 Å². The zero-order valence-electron chi connectivity index (χ0n) is 21.1. The van der Waals surface area contributed by atoms with Gasteiger partial charge in [0.25, 0.3) is 11.8 Å². The highest BCUT2D eigenvalue weighted by atomic mass is 32.1. The summed E-state index contributed by atoms with van der Waals surface area (Å²) in [6.45, 7) is 5.64. The molecule has 0 aliphatic carbocycles. The molecular formula is C26H30FN5O4S. The summed E-state index contributed by atoms with van der Waals surface area (Å²) in [5.41, 5.74) is 11.6. The van der Waals surface area contributed by atoms with Crippen LogP contribution in [0.2, 0.25) is 0 Å². The van der Waals surface area contributed by atoms with Crippen LogP contribution in [0.25, 0.3) is 0 Å². The molecule has 0 unspecified atom stereocenters. The van der Waals surface area contributed by atoms with E-state index < -0.39 is 35.1 Å². The van der Waals surface area contributed by atoms with E-state index >= 15 is 0 Å². The predicted octanol–water partition coefficient (Wildman–Crippen LogP) is 3.66. The summed E-state index contributed by atoms with van der Waals surface area (Å²) in [6, 6.07) is 11.3. The Morgan fingerprint density at radius 1 is 1.14 bits per heavy atom. The van der Waals surface area contributed by atoms with Crippen molar-refractivity contribution in [3.8, 4) is 5.75 Å². The van der Waals surface area contributed by atoms with Gasteiger partial charge in [-0.05, 0) is 67.2 Å². The Morgan fingerprint density at radius 2 is 1.76 bits per heavy atom. The van der Waals surface area contributed by atoms with Crippen LogP contribution >= 0.6 is 11.5 Å².